The van der Waals surface area contributed by atoms with Gasteiger partial charge in [0.15, 0.2) is 17.5 Å². The van der Waals surface area contributed by atoms with E-state index in [1.165, 1.54) is 31.3 Å². The molecule has 5 heteroatoms. The number of hydrogen-bond acceptors (Lipinski definition) is 4. The van der Waals surface area contributed by atoms with Crippen LogP contribution in [-0.2, 0) is 0 Å². The van der Waals surface area contributed by atoms with Crippen LogP contribution < -0.4 is 0 Å². The molecule has 0 radical (unpaired) electrons. The molecule has 0 saturated heterocycles. The van der Waals surface area contributed by atoms with Crippen molar-refractivity contribution in [2.45, 2.75) is 0 Å². The second kappa shape index (κ2) is 13.3. The second-order valence-corrected chi connectivity index (χ2v) is 15.1. The van der Waals surface area contributed by atoms with Crippen molar-refractivity contribution >= 4 is 53.3 Å². The number of aromatic nitrogens is 4. The largest absolute Gasteiger partial charge is 0.308 e. The monoisotopic (exact) mass is 732 g/mol. The Labute approximate surface area is 327 Å². The van der Waals surface area contributed by atoms with Gasteiger partial charge in [0.05, 0.1) is 21.4 Å². The van der Waals surface area contributed by atoms with Crippen molar-refractivity contribution < 1.29 is 0 Å². The molecule has 0 N–H and O–H groups in total. The summed E-state index contributed by atoms with van der Waals surface area (Å²) in [5, 5.41) is 4.79. The third-order valence-corrected chi connectivity index (χ3v) is 11.8. The molecule has 0 bridgehead atoms. The number of rotatable bonds is 6. The van der Waals surface area contributed by atoms with Crippen molar-refractivity contribution in [3.63, 3.8) is 0 Å². The lowest BCUT2D eigenvalue weighted by atomic mass is 10.0. The van der Waals surface area contributed by atoms with Crippen LogP contribution in [0.25, 0.3) is 104 Å². The molecule has 8 aromatic carbocycles. The predicted molar refractivity (Wildman–Crippen MR) is 234 cm³/mol. The van der Waals surface area contributed by atoms with Crippen LogP contribution in [-0.4, -0.2) is 19.5 Å². The van der Waals surface area contributed by atoms with E-state index in [1.54, 1.807) is 0 Å². The Hall–Kier alpha value is -7.21. The van der Waals surface area contributed by atoms with Crippen molar-refractivity contribution in [1.82, 2.24) is 19.5 Å². The molecule has 11 rings (SSSR count). The maximum atomic E-state index is 5.28. The van der Waals surface area contributed by atoms with E-state index in [0.717, 1.165) is 55.3 Å². The topological polar surface area (TPSA) is 43.6 Å². The van der Waals surface area contributed by atoms with Crippen LogP contribution in [0.3, 0.4) is 0 Å². The fraction of sp³-hybridized carbons (Fsp3) is 0. The molecule has 11 aromatic rings. The summed E-state index contributed by atoms with van der Waals surface area (Å²) in [7, 11) is 0. The molecule has 0 aliphatic heterocycles. The molecule has 3 heterocycles. The van der Waals surface area contributed by atoms with Gasteiger partial charge in [0.1, 0.15) is 0 Å². The Balaban J connectivity index is 1.18. The molecule has 0 amide bonds. The van der Waals surface area contributed by atoms with E-state index in [0.29, 0.717) is 17.5 Å². The Kier molecular flexibility index (Phi) is 7.64. The summed E-state index contributed by atoms with van der Waals surface area (Å²) in [4.78, 5) is 15.6. The molecule has 3 aromatic heterocycles. The Morgan fingerprint density at radius 3 is 1.68 bits per heavy atom. The van der Waals surface area contributed by atoms with Crippen LogP contribution in [0, 0.1) is 0 Å². The summed E-state index contributed by atoms with van der Waals surface area (Å²) in [6.07, 6.45) is 0. The standard InChI is InChI=1S/C51H32N4S/c1-4-16-33(17-5-1)36-22-14-23-37(30-36)50-52-49(35-20-8-3-9-21-35)53-51(54-50)41-26-15-28-44-47(41)40-25-10-12-27-43(40)55(44)45-32-38(34-18-6-2-7-19-34)31-42-39-24-11-13-29-46(39)56-48(42)45/h1-32H. The number of benzene rings is 8. The maximum Gasteiger partial charge on any atom is 0.164 e. The summed E-state index contributed by atoms with van der Waals surface area (Å²) in [6, 6.07) is 68.5. The summed E-state index contributed by atoms with van der Waals surface area (Å²) in [5.74, 6) is 1.91. The number of para-hydroxylation sites is 1. The lowest BCUT2D eigenvalue weighted by Crippen LogP contribution is -2.01. The van der Waals surface area contributed by atoms with Gasteiger partial charge in [-0.05, 0) is 58.7 Å². The van der Waals surface area contributed by atoms with Gasteiger partial charge in [0.2, 0.25) is 0 Å². The van der Waals surface area contributed by atoms with Crippen molar-refractivity contribution in [3.05, 3.63) is 194 Å². The van der Waals surface area contributed by atoms with Gasteiger partial charge < -0.3 is 4.57 Å². The van der Waals surface area contributed by atoms with E-state index in [9.17, 15) is 0 Å². The zero-order valence-corrected chi connectivity index (χ0v) is 31.0. The van der Waals surface area contributed by atoms with Gasteiger partial charge in [-0.1, -0.05) is 158 Å². The van der Waals surface area contributed by atoms with Gasteiger partial charge >= 0.3 is 0 Å². The lowest BCUT2D eigenvalue weighted by molar-refractivity contribution is 1.08. The molecule has 0 aliphatic carbocycles. The van der Waals surface area contributed by atoms with Crippen LogP contribution in [0.2, 0.25) is 0 Å². The molecule has 0 atom stereocenters. The highest BCUT2D eigenvalue weighted by Crippen LogP contribution is 2.44. The van der Waals surface area contributed by atoms with Gasteiger partial charge in [-0.2, -0.15) is 0 Å². The highest BCUT2D eigenvalue weighted by molar-refractivity contribution is 7.26. The number of nitrogens with zero attached hydrogens (tertiary/aromatic N) is 4. The van der Waals surface area contributed by atoms with Gasteiger partial charge in [-0.3, -0.25) is 0 Å². The average Bonchev–Trinajstić information content (AvgIpc) is 3.83. The summed E-state index contributed by atoms with van der Waals surface area (Å²) in [5.41, 5.74) is 10.9. The van der Waals surface area contributed by atoms with Crippen LogP contribution in [0.1, 0.15) is 0 Å². The molecule has 56 heavy (non-hydrogen) atoms. The van der Waals surface area contributed by atoms with Crippen LogP contribution in [0.4, 0.5) is 0 Å². The first-order chi connectivity index (χ1) is 27.8. The number of fused-ring (bicyclic) bond motifs is 6. The van der Waals surface area contributed by atoms with Crippen LogP contribution >= 0.6 is 11.3 Å². The SMILES string of the molecule is c1ccc(-c2cccc(-c3nc(-c4ccccc4)nc(-c4cccc5c4c4ccccc4n5-c4cc(-c5ccccc5)cc5c4sc4ccccc45)n3)c2)cc1. The summed E-state index contributed by atoms with van der Waals surface area (Å²) >= 11 is 1.85. The van der Waals surface area contributed by atoms with Crippen LogP contribution in [0.15, 0.2) is 194 Å². The summed E-state index contributed by atoms with van der Waals surface area (Å²) in [6.45, 7) is 0. The quantitative estimate of drug-likeness (QED) is 0.171. The zero-order chi connectivity index (χ0) is 37.0. The first-order valence-corrected chi connectivity index (χ1v) is 19.6. The minimum Gasteiger partial charge on any atom is -0.308 e. The maximum absolute atomic E-state index is 5.28. The molecular formula is C51H32N4S. The minimum atomic E-state index is 0.634. The van der Waals surface area contributed by atoms with Gasteiger partial charge in [0, 0.05) is 42.9 Å². The number of thiophene rings is 1. The molecule has 0 saturated carbocycles. The Morgan fingerprint density at radius 1 is 0.357 bits per heavy atom. The molecular weight excluding hydrogens is 701 g/mol. The summed E-state index contributed by atoms with van der Waals surface area (Å²) < 4.78 is 4.98. The van der Waals surface area contributed by atoms with Crippen LogP contribution in [0.5, 0.6) is 0 Å². The third-order valence-electron chi connectivity index (χ3n) is 10.6. The minimum absolute atomic E-state index is 0.634. The molecule has 0 spiro atoms. The lowest BCUT2D eigenvalue weighted by Gasteiger charge is -2.13. The molecule has 0 aliphatic rings. The van der Waals surface area contributed by atoms with E-state index in [2.05, 4.69) is 174 Å². The van der Waals surface area contributed by atoms with Gasteiger partial charge in [0.25, 0.3) is 0 Å². The predicted octanol–water partition coefficient (Wildman–Crippen LogP) is 13.7. The number of hydrogen-bond donors (Lipinski definition) is 0. The molecule has 0 fully saturated rings. The molecule has 262 valence electrons. The highest BCUT2D eigenvalue weighted by Gasteiger charge is 2.22. The van der Waals surface area contributed by atoms with E-state index in [-0.39, 0.29) is 0 Å². The average molecular weight is 733 g/mol. The van der Waals surface area contributed by atoms with E-state index in [1.807, 2.05) is 35.6 Å². The van der Waals surface area contributed by atoms with Crippen molar-refractivity contribution in [1.29, 1.82) is 0 Å². The smallest absolute Gasteiger partial charge is 0.164 e. The fourth-order valence-corrected chi connectivity index (χ4v) is 9.24. The first kappa shape index (κ1) is 32.2. The van der Waals surface area contributed by atoms with E-state index < -0.39 is 0 Å². The highest BCUT2D eigenvalue weighted by atomic mass is 32.1. The van der Waals surface area contributed by atoms with Crippen molar-refractivity contribution in [2.75, 3.05) is 0 Å². The normalized spacial score (nSPS) is 11.6. The Morgan fingerprint density at radius 2 is 0.911 bits per heavy atom. The first-order valence-electron chi connectivity index (χ1n) is 18.8. The van der Waals surface area contributed by atoms with Gasteiger partial charge in [-0.25, -0.2) is 15.0 Å². The second-order valence-electron chi connectivity index (χ2n) is 14.0. The fourth-order valence-electron chi connectivity index (χ4n) is 8.05. The van der Waals surface area contributed by atoms with Crippen molar-refractivity contribution in [2.24, 2.45) is 0 Å². The zero-order valence-electron chi connectivity index (χ0n) is 30.2. The van der Waals surface area contributed by atoms with E-state index in [4.69, 9.17) is 15.0 Å². The van der Waals surface area contributed by atoms with E-state index >= 15 is 0 Å². The molecule has 0 unspecified atom stereocenters. The molecule has 4 nitrogen and oxygen atoms in total. The van der Waals surface area contributed by atoms with Gasteiger partial charge in [-0.15, -0.1) is 11.3 Å². The Bertz CT molecular complexity index is 3240. The van der Waals surface area contributed by atoms with Crippen molar-refractivity contribution in [3.8, 4) is 62.1 Å². The third kappa shape index (κ3) is 5.40.